The molecule has 7 nitrogen and oxygen atoms in total. The molecule has 1 aliphatic heterocycles. The summed E-state index contributed by atoms with van der Waals surface area (Å²) in [4.78, 5) is 7.46. The lowest BCUT2D eigenvalue weighted by molar-refractivity contribution is 0.477. The minimum Gasteiger partial charge on any atom is -0.346 e. The van der Waals surface area contributed by atoms with Crippen LogP contribution in [0.2, 0.25) is 0 Å². The van der Waals surface area contributed by atoms with Gasteiger partial charge in [-0.3, -0.25) is 0 Å². The number of fused-ring (bicyclic) bond motifs is 3. The van der Waals surface area contributed by atoms with Crippen LogP contribution in [0.1, 0.15) is 18.0 Å². The van der Waals surface area contributed by atoms with Crippen molar-refractivity contribution < 1.29 is 8.42 Å². The number of aromatic nitrogens is 4. The Morgan fingerprint density at radius 2 is 2.23 bits per heavy atom. The van der Waals surface area contributed by atoms with Gasteiger partial charge in [0, 0.05) is 47.6 Å². The summed E-state index contributed by atoms with van der Waals surface area (Å²) in [6.45, 7) is 0.990. The van der Waals surface area contributed by atoms with Crippen molar-refractivity contribution in [2.45, 2.75) is 12.3 Å². The van der Waals surface area contributed by atoms with Crippen molar-refractivity contribution in [1.82, 2.24) is 24.5 Å². The Balaban J connectivity index is 1.87. The third kappa shape index (κ3) is 2.06. The maximum absolute atomic E-state index is 11.7. The first kappa shape index (κ1) is 13.6. The average Bonchev–Trinajstić information content (AvgIpc) is 3.15. The minimum absolute atomic E-state index is 0.0615. The molecule has 0 bridgehead atoms. The Morgan fingerprint density at radius 1 is 1.36 bits per heavy atom. The van der Waals surface area contributed by atoms with Crippen molar-refractivity contribution >= 4 is 31.8 Å². The van der Waals surface area contributed by atoms with Crippen molar-refractivity contribution in [2.24, 2.45) is 0 Å². The van der Waals surface area contributed by atoms with Gasteiger partial charge < -0.3 is 4.98 Å². The van der Waals surface area contributed by atoms with Crippen LogP contribution in [0.3, 0.4) is 0 Å². The van der Waals surface area contributed by atoms with E-state index in [1.54, 1.807) is 12.4 Å². The molecular weight excluding hydrogens is 302 g/mol. The van der Waals surface area contributed by atoms with E-state index < -0.39 is 10.0 Å². The molecule has 8 heteroatoms. The lowest BCUT2D eigenvalue weighted by atomic mass is 9.98. The molecule has 0 radical (unpaired) electrons. The third-order valence-electron chi connectivity index (χ3n) is 4.24. The molecule has 3 aromatic heterocycles. The molecule has 0 spiro atoms. The van der Waals surface area contributed by atoms with Crippen molar-refractivity contribution in [1.29, 1.82) is 0 Å². The first-order chi connectivity index (χ1) is 10.5. The van der Waals surface area contributed by atoms with E-state index in [1.807, 2.05) is 12.3 Å². The fourth-order valence-electron chi connectivity index (χ4n) is 3.15. The third-order valence-corrected chi connectivity index (χ3v) is 5.51. The van der Waals surface area contributed by atoms with Gasteiger partial charge in [-0.05, 0) is 12.5 Å². The fraction of sp³-hybridized carbons (Fsp3) is 0.357. The number of aromatic amines is 1. The van der Waals surface area contributed by atoms with Crippen LogP contribution in [0, 0.1) is 0 Å². The van der Waals surface area contributed by atoms with Crippen LogP contribution in [0.25, 0.3) is 21.8 Å². The highest BCUT2D eigenvalue weighted by atomic mass is 32.2. The summed E-state index contributed by atoms with van der Waals surface area (Å²) in [6, 6.07) is 1.97. The van der Waals surface area contributed by atoms with E-state index in [4.69, 9.17) is 0 Å². The summed E-state index contributed by atoms with van der Waals surface area (Å²) in [6.07, 6.45) is 7.32. The molecule has 0 aromatic carbocycles. The van der Waals surface area contributed by atoms with E-state index in [9.17, 15) is 8.42 Å². The molecule has 3 aromatic rings. The predicted octanol–water partition coefficient (Wildman–Crippen LogP) is 1.25. The van der Waals surface area contributed by atoms with Crippen LogP contribution in [0.5, 0.6) is 0 Å². The predicted molar refractivity (Wildman–Crippen MR) is 83.0 cm³/mol. The Hall–Kier alpha value is -2.06. The number of nitrogens with one attached hydrogen (secondary N) is 1. The second kappa shape index (κ2) is 4.72. The molecule has 4 rings (SSSR count). The van der Waals surface area contributed by atoms with Crippen LogP contribution in [0.4, 0.5) is 0 Å². The van der Waals surface area contributed by atoms with Crippen LogP contribution < -0.4 is 0 Å². The molecule has 1 unspecified atom stereocenters. The number of hydrogen-bond donors (Lipinski definition) is 1. The van der Waals surface area contributed by atoms with Gasteiger partial charge in [0.05, 0.1) is 18.1 Å². The topological polar surface area (TPSA) is 91.8 Å². The Labute approximate surface area is 127 Å². The number of H-pyrrole nitrogens is 1. The number of rotatable bonds is 2. The molecule has 22 heavy (non-hydrogen) atoms. The van der Waals surface area contributed by atoms with Crippen LogP contribution in [-0.2, 0) is 10.0 Å². The highest BCUT2D eigenvalue weighted by Crippen LogP contribution is 2.34. The van der Waals surface area contributed by atoms with Crippen molar-refractivity contribution in [3.8, 4) is 0 Å². The van der Waals surface area contributed by atoms with Gasteiger partial charge in [-0.2, -0.15) is 10.2 Å². The smallest absolute Gasteiger partial charge is 0.211 e. The summed E-state index contributed by atoms with van der Waals surface area (Å²) < 4.78 is 24.9. The van der Waals surface area contributed by atoms with Gasteiger partial charge in [0.15, 0.2) is 0 Å². The second-order valence-corrected chi connectivity index (χ2v) is 7.65. The van der Waals surface area contributed by atoms with Gasteiger partial charge in [0.25, 0.3) is 0 Å². The molecule has 0 saturated carbocycles. The lowest BCUT2D eigenvalue weighted by Gasteiger charge is -2.14. The molecule has 0 amide bonds. The van der Waals surface area contributed by atoms with Gasteiger partial charge in [-0.1, -0.05) is 0 Å². The summed E-state index contributed by atoms with van der Waals surface area (Å²) >= 11 is 0. The van der Waals surface area contributed by atoms with Gasteiger partial charge in [0.1, 0.15) is 5.65 Å². The van der Waals surface area contributed by atoms with Gasteiger partial charge in [0.2, 0.25) is 10.0 Å². The van der Waals surface area contributed by atoms with Gasteiger partial charge >= 0.3 is 0 Å². The number of sulfonamides is 1. The molecule has 4 heterocycles. The van der Waals surface area contributed by atoms with Crippen LogP contribution in [-0.4, -0.2) is 52.2 Å². The summed E-state index contributed by atoms with van der Waals surface area (Å²) in [5.41, 5.74) is 1.66. The fourth-order valence-corrected chi connectivity index (χ4v) is 4.04. The van der Waals surface area contributed by atoms with Crippen molar-refractivity contribution in [3.63, 3.8) is 0 Å². The first-order valence-corrected chi connectivity index (χ1v) is 8.91. The Bertz CT molecular complexity index is 966. The van der Waals surface area contributed by atoms with E-state index in [0.29, 0.717) is 13.1 Å². The molecule has 1 aliphatic rings. The zero-order chi connectivity index (χ0) is 15.3. The molecule has 0 aliphatic carbocycles. The number of nitrogens with zero attached hydrogens (tertiary/aromatic N) is 4. The Morgan fingerprint density at radius 3 is 3.00 bits per heavy atom. The highest BCUT2D eigenvalue weighted by molar-refractivity contribution is 7.88. The second-order valence-electron chi connectivity index (χ2n) is 5.66. The Kier molecular flexibility index (Phi) is 2.92. The maximum Gasteiger partial charge on any atom is 0.211 e. The average molecular weight is 317 g/mol. The molecular formula is C14H15N5O2S. The quantitative estimate of drug-likeness (QED) is 0.768. The molecule has 1 saturated heterocycles. The monoisotopic (exact) mass is 317 g/mol. The largest absolute Gasteiger partial charge is 0.346 e. The van der Waals surface area contributed by atoms with Crippen molar-refractivity contribution in [2.75, 3.05) is 19.3 Å². The van der Waals surface area contributed by atoms with E-state index in [1.165, 1.54) is 10.6 Å². The molecule has 1 fully saturated rings. The SMILES string of the molecule is CS(=O)(=O)N1CCC(c2nncc3cnc4[nH]ccc4c23)C1. The maximum atomic E-state index is 11.7. The summed E-state index contributed by atoms with van der Waals surface area (Å²) in [7, 11) is -3.16. The molecule has 114 valence electrons. The lowest BCUT2D eigenvalue weighted by Crippen LogP contribution is -2.27. The van der Waals surface area contributed by atoms with Gasteiger partial charge in [-0.15, -0.1) is 0 Å². The summed E-state index contributed by atoms with van der Waals surface area (Å²) in [5, 5.41) is 11.3. The number of hydrogen-bond acceptors (Lipinski definition) is 5. The van der Waals surface area contributed by atoms with Crippen LogP contribution in [0.15, 0.2) is 24.7 Å². The zero-order valence-electron chi connectivity index (χ0n) is 12.0. The zero-order valence-corrected chi connectivity index (χ0v) is 12.8. The first-order valence-electron chi connectivity index (χ1n) is 7.06. The summed E-state index contributed by atoms with van der Waals surface area (Å²) in [5.74, 6) is 0.0615. The normalized spacial score (nSPS) is 20.1. The molecule has 1 N–H and O–H groups in total. The van der Waals surface area contributed by atoms with Crippen molar-refractivity contribution in [3.05, 3.63) is 30.4 Å². The number of pyridine rings is 1. The van der Waals surface area contributed by atoms with E-state index in [-0.39, 0.29) is 5.92 Å². The van der Waals surface area contributed by atoms with E-state index >= 15 is 0 Å². The van der Waals surface area contributed by atoms with E-state index in [2.05, 4.69) is 20.2 Å². The minimum atomic E-state index is -3.16. The highest BCUT2D eigenvalue weighted by Gasteiger charge is 2.31. The standard InChI is InChI=1S/C14H15N5O2S/c1-22(20,21)19-5-3-9(8-19)13-12-10(7-17-18-13)6-16-14-11(12)2-4-15-14/h2,4,6-7,9H,3,5,8H2,1H3,(H,15,16). The van der Waals surface area contributed by atoms with E-state index in [0.717, 1.165) is 33.9 Å². The van der Waals surface area contributed by atoms with Crippen LogP contribution >= 0.6 is 0 Å². The molecule has 1 atom stereocenters. The van der Waals surface area contributed by atoms with Gasteiger partial charge in [-0.25, -0.2) is 17.7 Å².